The summed E-state index contributed by atoms with van der Waals surface area (Å²) in [5.74, 6) is 0.716. The maximum Gasteiger partial charge on any atom is 0.241 e. The van der Waals surface area contributed by atoms with Crippen molar-refractivity contribution in [2.24, 2.45) is 5.92 Å². The minimum absolute atomic E-state index is 0.606. The number of hydrogen-bond acceptors (Lipinski definition) is 0. The molecule has 0 radical (unpaired) electrons. The first-order valence-electron chi connectivity index (χ1n) is 13.9. The van der Waals surface area contributed by atoms with E-state index in [1.807, 2.05) is 0 Å². The molecule has 1 N–H and O–H groups in total. The Balaban J connectivity index is 1.74. The highest BCUT2D eigenvalue weighted by molar-refractivity contribution is 5.15. The predicted molar refractivity (Wildman–Crippen MR) is 139 cm³/mol. The Morgan fingerprint density at radius 1 is 0.688 bits per heavy atom. The van der Waals surface area contributed by atoms with Crippen LogP contribution in [-0.2, 0) is 6.42 Å². The summed E-state index contributed by atoms with van der Waals surface area (Å²) >= 11 is 0. The fraction of sp³-hybridized carbons (Fsp3) is 0.700. The Labute approximate surface area is 199 Å². The van der Waals surface area contributed by atoms with Gasteiger partial charge in [-0.15, -0.1) is 0 Å². The van der Waals surface area contributed by atoms with Gasteiger partial charge in [0.25, 0.3) is 0 Å². The Hall–Kier alpha value is -1.57. The van der Waals surface area contributed by atoms with Crippen LogP contribution in [0.5, 0.6) is 0 Å². The van der Waals surface area contributed by atoms with E-state index >= 15 is 0 Å². The first kappa shape index (κ1) is 26.7. The van der Waals surface area contributed by atoms with Crippen LogP contribution in [0, 0.1) is 5.92 Å². The molecule has 0 aliphatic carbocycles. The van der Waals surface area contributed by atoms with Crippen LogP contribution < -0.4 is 4.57 Å². The average Bonchev–Trinajstić information content (AvgIpc) is 3.35. The van der Waals surface area contributed by atoms with E-state index in [0.717, 1.165) is 0 Å². The molecule has 0 amide bonds. The van der Waals surface area contributed by atoms with Gasteiger partial charge >= 0.3 is 0 Å². The molecule has 2 unspecified atom stereocenters. The number of imidazole rings is 1. The second-order valence-electron chi connectivity index (χ2n) is 9.90. The van der Waals surface area contributed by atoms with Crippen LogP contribution >= 0.6 is 0 Å². The monoisotopic (exact) mass is 439 g/mol. The summed E-state index contributed by atoms with van der Waals surface area (Å²) in [4.78, 5) is 3.28. The summed E-state index contributed by atoms with van der Waals surface area (Å²) in [6, 6.07) is 11.8. The fourth-order valence-electron chi connectivity index (χ4n) is 5.14. The number of aromatic amines is 1. The largest absolute Gasteiger partial charge is 0.250 e. The van der Waals surface area contributed by atoms with Crippen LogP contribution in [0.2, 0.25) is 0 Å². The highest BCUT2D eigenvalue weighted by Crippen LogP contribution is 2.28. The van der Waals surface area contributed by atoms with Crippen LogP contribution in [-0.4, -0.2) is 4.98 Å². The third-order valence-electron chi connectivity index (χ3n) is 7.12. The van der Waals surface area contributed by atoms with Gasteiger partial charge in [-0.1, -0.05) is 128 Å². The lowest BCUT2D eigenvalue weighted by Gasteiger charge is -2.25. The zero-order valence-electron chi connectivity index (χ0n) is 21.2. The highest BCUT2D eigenvalue weighted by atomic mass is 15.1. The number of rotatable bonds is 20. The molecule has 0 bridgehead atoms. The maximum atomic E-state index is 3.28. The SMILES string of the molecule is CCCCCCCCCCCCCCC(Cc1ccccc1)C(CCCC)[n+]1cc[nH]c1. The summed E-state index contributed by atoms with van der Waals surface area (Å²) in [5, 5.41) is 0. The van der Waals surface area contributed by atoms with Crippen LogP contribution in [0.1, 0.15) is 128 Å². The normalized spacial score (nSPS) is 13.3. The van der Waals surface area contributed by atoms with Crippen molar-refractivity contribution in [2.45, 2.75) is 129 Å². The minimum Gasteiger partial charge on any atom is -0.250 e. The Kier molecular flexibility index (Phi) is 14.9. The average molecular weight is 440 g/mol. The molecular weight excluding hydrogens is 388 g/mol. The molecule has 32 heavy (non-hydrogen) atoms. The number of aromatic nitrogens is 2. The Morgan fingerprint density at radius 2 is 1.28 bits per heavy atom. The molecule has 180 valence electrons. The van der Waals surface area contributed by atoms with Gasteiger partial charge in [0.05, 0.1) is 0 Å². The van der Waals surface area contributed by atoms with E-state index in [4.69, 9.17) is 0 Å². The molecule has 2 rings (SSSR count). The minimum atomic E-state index is 0.606. The van der Waals surface area contributed by atoms with E-state index in [1.165, 1.54) is 115 Å². The van der Waals surface area contributed by atoms with Crippen molar-refractivity contribution in [3.8, 4) is 0 Å². The van der Waals surface area contributed by atoms with Crippen molar-refractivity contribution in [3.05, 3.63) is 54.6 Å². The molecule has 0 fully saturated rings. The van der Waals surface area contributed by atoms with Crippen molar-refractivity contribution < 1.29 is 4.57 Å². The van der Waals surface area contributed by atoms with Gasteiger partial charge in [0.2, 0.25) is 6.33 Å². The number of nitrogens with one attached hydrogen (secondary N) is 1. The molecule has 0 aliphatic rings. The quantitative estimate of drug-likeness (QED) is 0.157. The fourth-order valence-corrected chi connectivity index (χ4v) is 5.14. The number of hydrogen-bond donors (Lipinski definition) is 1. The van der Waals surface area contributed by atoms with Crippen molar-refractivity contribution in [3.63, 3.8) is 0 Å². The van der Waals surface area contributed by atoms with E-state index < -0.39 is 0 Å². The lowest BCUT2D eigenvalue weighted by molar-refractivity contribution is -0.730. The zero-order chi connectivity index (χ0) is 22.7. The molecule has 2 atom stereocenters. The van der Waals surface area contributed by atoms with Crippen LogP contribution in [0.25, 0.3) is 0 Å². The molecule has 2 aromatic rings. The molecule has 0 saturated carbocycles. The Morgan fingerprint density at radius 3 is 1.84 bits per heavy atom. The number of unbranched alkanes of at least 4 members (excludes halogenated alkanes) is 12. The first-order chi connectivity index (χ1) is 15.8. The van der Waals surface area contributed by atoms with Gasteiger partial charge in [-0.2, -0.15) is 0 Å². The lowest BCUT2D eigenvalue weighted by Crippen LogP contribution is -2.42. The molecular formula is C30H51N2+. The van der Waals surface area contributed by atoms with Crippen LogP contribution in [0.3, 0.4) is 0 Å². The summed E-state index contributed by atoms with van der Waals surface area (Å²) in [6.07, 6.45) is 30.0. The highest BCUT2D eigenvalue weighted by Gasteiger charge is 2.26. The second kappa shape index (κ2) is 17.9. The van der Waals surface area contributed by atoms with E-state index in [-0.39, 0.29) is 0 Å². The smallest absolute Gasteiger partial charge is 0.241 e. The zero-order valence-corrected chi connectivity index (χ0v) is 21.2. The summed E-state index contributed by atoms with van der Waals surface area (Å²) < 4.78 is 2.45. The van der Waals surface area contributed by atoms with Crippen molar-refractivity contribution in [1.29, 1.82) is 0 Å². The molecule has 0 spiro atoms. The topological polar surface area (TPSA) is 19.7 Å². The third-order valence-corrected chi connectivity index (χ3v) is 7.12. The number of H-pyrrole nitrogens is 1. The molecule has 2 nitrogen and oxygen atoms in total. The standard InChI is InChI=1S/C30H50N2/c1-3-5-7-8-9-10-11-12-13-14-15-19-22-29(26-28-20-17-16-18-21-28)30(23-6-4-2)32-25-24-31-27-32/h16-18,20-21,24-25,27,29-30H,3-15,19,22-23,26H2,1-2H3/p+1. The Bertz CT molecular complexity index is 634. The van der Waals surface area contributed by atoms with Crippen molar-refractivity contribution in [1.82, 2.24) is 4.98 Å². The first-order valence-corrected chi connectivity index (χ1v) is 13.9. The second-order valence-corrected chi connectivity index (χ2v) is 9.90. The third kappa shape index (κ3) is 11.3. The molecule has 1 aromatic carbocycles. The number of nitrogens with zero attached hydrogens (tertiary/aromatic N) is 1. The number of benzene rings is 1. The van der Waals surface area contributed by atoms with Crippen molar-refractivity contribution >= 4 is 0 Å². The summed E-state index contributed by atoms with van der Waals surface area (Å²) in [5.41, 5.74) is 1.49. The molecule has 0 aliphatic heterocycles. The molecule has 1 heterocycles. The van der Waals surface area contributed by atoms with Gasteiger partial charge < -0.3 is 0 Å². The van der Waals surface area contributed by atoms with Gasteiger partial charge in [0.15, 0.2) is 0 Å². The van der Waals surface area contributed by atoms with Gasteiger partial charge in [0, 0.05) is 5.92 Å². The predicted octanol–water partition coefficient (Wildman–Crippen LogP) is 8.98. The van der Waals surface area contributed by atoms with Crippen LogP contribution in [0.15, 0.2) is 49.1 Å². The van der Waals surface area contributed by atoms with Gasteiger partial charge in [-0.05, 0) is 31.2 Å². The molecule has 2 heteroatoms. The van der Waals surface area contributed by atoms with E-state index in [2.05, 4.69) is 72.5 Å². The van der Waals surface area contributed by atoms with Gasteiger partial charge in [-0.3, -0.25) is 4.98 Å². The maximum absolute atomic E-state index is 3.28. The summed E-state index contributed by atoms with van der Waals surface area (Å²) in [6.45, 7) is 4.62. The van der Waals surface area contributed by atoms with Gasteiger partial charge in [0.1, 0.15) is 18.4 Å². The van der Waals surface area contributed by atoms with E-state index in [9.17, 15) is 0 Å². The molecule has 0 saturated heterocycles. The lowest BCUT2D eigenvalue weighted by atomic mass is 9.84. The summed E-state index contributed by atoms with van der Waals surface area (Å²) in [7, 11) is 0. The van der Waals surface area contributed by atoms with E-state index in [1.54, 1.807) is 0 Å². The van der Waals surface area contributed by atoms with Crippen LogP contribution in [0.4, 0.5) is 0 Å². The van der Waals surface area contributed by atoms with E-state index in [0.29, 0.717) is 12.0 Å². The van der Waals surface area contributed by atoms with Crippen molar-refractivity contribution in [2.75, 3.05) is 0 Å². The van der Waals surface area contributed by atoms with Gasteiger partial charge in [-0.25, -0.2) is 4.57 Å². The molecule has 1 aromatic heterocycles.